The van der Waals surface area contributed by atoms with Crippen LogP contribution >= 0.6 is 0 Å². The predicted octanol–water partition coefficient (Wildman–Crippen LogP) is -0.209. The summed E-state index contributed by atoms with van der Waals surface area (Å²) in [6.45, 7) is 1.94. The van der Waals surface area contributed by atoms with Gasteiger partial charge in [-0.05, 0) is 0 Å². The molecule has 2 fully saturated rings. The SMILES string of the molecule is COCCNC(=O)NC1COC(CN2CCC(F)(F)CC2)C1O. The van der Waals surface area contributed by atoms with E-state index in [9.17, 15) is 18.7 Å². The second kappa shape index (κ2) is 8.18. The number of hydrogen-bond acceptors (Lipinski definition) is 5. The summed E-state index contributed by atoms with van der Waals surface area (Å²) in [5, 5.41) is 15.5. The zero-order valence-corrected chi connectivity index (χ0v) is 13.3. The summed E-state index contributed by atoms with van der Waals surface area (Å²) >= 11 is 0. The van der Waals surface area contributed by atoms with Gasteiger partial charge in [-0.25, -0.2) is 13.6 Å². The molecule has 134 valence electrons. The molecule has 23 heavy (non-hydrogen) atoms. The average Bonchev–Trinajstić information content (AvgIpc) is 2.83. The van der Waals surface area contributed by atoms with E-state index in [-0.39, 0.29) is 32.5 Å². The number of hydrogen-bond donors (Lipinski definition) is 3. The van der Waals surface area contributed by atoms with Gasteiger partial charge in [0.15, 0.2) is 0 Å². The van der Waals surface area contributed by atoms with Crippen LogP contribution in [-0.2, 0) is 9.47 Å². The monoisotopic (exact) mass is 337 g/mol. The van der Waals surface area contributed by atoms with Gasteiger partial charge in [0.1, 0.15) is 6.10 Å². The number of carbonyl (C=O) groups excluding carboxylic acids is 1. The first-order chi connectivity index (χ1) is 10.9. The highest BCUT2D eigenvalue weighted by molar-refractivity contribution is 5.74. The highest BCUT2D eigenvalue weighted by atomic mass is 19.3. The summed E-state index contributed by atoms with van der Waals surface area (Å²) in [5.41, 5.74) is 0. The Morgan fingerprint density at radius 3 is 2.78 bits per heavy atom. The van der Waals surface area contributed by atoms with Crippen molar-refractivity contribution >= 4 is 6.03 Å². The Morgan fingerprint density at radius 2 is 2.13 bits per heavy atom. The van der Waals surface area contributed by atoms with Gasteiger partial charge < -0.3 is 30.1 Å². The van der Waals surface area contributed by atoms with Gasteiger partial charge in [0.2, 0.25) is 0 Å². The van der Waals surface area contributed by atoms with Crippen LogP contribution in [0.2, 0.25) is 0 Å². The van der Waals surface area contributed by atoms with E-state index in [0.29, 0.717) is 19.7 Å². The molecule has 2 rings (SSSR count). The second-order valence-corrected chi connectivity index (χ2v) is 6.02. The first-order valence-corrected chi connectivity index (χ1v) is 7.84. The lowest BCUT2D eigenvalue weighted by atomic mass is 10.0. The van der Waals surface area contributed by atoms with Crippen molar-refractivity contribution in [1.82, 2.24) is 15.5 Å². The molecule has 2 saturated heterocycles. The molecule has 0 aromatic rings. The zero-order valence-electron chi connectivity index (χ0n) is 13.3. The molecule has 0 bridgehead atoms. The Labute approximate surface area is 134 Å². The number of likely N-dealkylation sites (tertiary alicyclic amines) is 1. The number of nitrogens with one attached hydrogen (secondary N) is 2. The lowest BCUT2D eigenvalue weighted by Gasteiger charge is -2.33. The van der Waals surface area contributed by atoms with Crippen LogP contribution in [0.25, 0.3) is 0 Å². The highest BCUT2D eigenvalue weighted by Gasteiger charge is 2.40. The lowest BCUT2D eigenvalue weighted by Crippen LogP contribution is -2.51. The van der Waals surface area contributed by atoms with Crippen molar-refractivity contribution in [3.05, 3.63) is 0 Å². The van der Waals surface area contributed by atoms with Crippen LogP contribution in [0.4, 0.5) is 13.6 Å². The van der Waals surface area contributed by atoms with Crippen LogP contribution in [0.3, 0.4) is 0 Å². The molecule has 0 aromatic heterocycles. The summed E-state index contributed by atoms with van der Waals surface area (Å²) in [5.74, 6) is -2.59. The third-order valence-corrected chi connectivity index (χ3v) is 4.22. The van der Waals surface area contributed by atoms with Crippen molar-refractivity contribution in [2.75, 3.05) is 46.5 Å². The zero-order chi connectivity index (χ0) is 16.9. The molecule has 0 radical (unpaired) electrons. The molecule has 3 unspecified atom stereocenters. The number of urea groups is 1. The molecule has 0 spiro atoms. The minimum absolute atomic E-state index is 0.167. The number of nitrogens with zero attached hydrogens (tertiary/aromatic N) is 1. The van der Waals surface area contributed by atoms with Crippen molar-refractivity contribution in [1.29, 1.82) is 0 Å². The van der Waals surface area contributed by atoms with Crippen molar-refractivity contribution in [3.8, 4) is 0 Å². The Hall–Kier alpha value is -1.03. The maximum absolute atomic E-state index is 13.1. The smallest absolute Gasteiger partial charge is 0.315 e. The third kappa shape index (κ3) is 5.52. The second-order valence-electron chi connectivity index (χ2n) is 6.02. The summed E-state index contributed by atoms with van der Waals surface area (Å²) in [4.78, 5) is 13.5. The Kier molecular flexibility index (Phi) is 6.51. The molecular formula is C14H25F2N3O4. The molecule has 2 heterocycles. The summed E-state index contributed by atoms with van der Waals surface area (Å²) in [6, 6.07) is -0.901. The van der Waals surface area contributed by atoms with E-state index in [1.54, 1.807) is 0 Å². The number of piperidine rings is 1. The highest BCUT2D eigenvalue weighted by Crippen LogP contribution is 2.28. The van der Waals surface area contributed by atoms with E-state index in [4.69, 9.17) is 9.47 Å². The van der Waals surface area contributed by atoms with Gasteiger partial charge in [-0.2, -0.15) is 0 Å². The predicted molar refractivity (Wildman–Crippen MR) is 78.6 cm³/mol. The van der Waals surface area contributed by atoms with Crippen LogP contribution in [0.5, 0.6) is 0 Å². The molecular weight excluding hydrogens is 312 g/mol. The summed E-state index contributed by atoms with van der Waals surface area (Å²) < 4.78 is 36.6. The largest absolute Gasteiger partial charge is 0.388 e. The van der Waals surface area contributed by atoms with E-state index in [1.165, 1.54) is 7.11 Å². The van der Waals surface area contributed by atoms with E-state index in [1.807, 2.05) is 4.90 Å². The molecule has 0 saturated carbocycles. The number of carbonyl (C=O) groups is 1. The number of ether oxygens (including phenoxy) is 2. The number of aliphatic hydroxyl groups is 1. The molecule has 0 aromatic carbocycles. The van der Waals surface area contributed by atoms with E-state index >= 15 is 0 Å². The molecule has 2 aliphatic heterocycles. The quantitative estimate of drug-likeness (QED) is 0.584. The van der Waals surface area contributed by atoms with Crippen molar-refractivity contribution in [2.24, 2.45) is 0 Å². The normalized spacial score (nSPS) is 31.0. The lowest BCUT2D eigenvalue weighted by molar-refractivity contribution is -0.0674. The van der Waals surface area contributed by atoms with Gasteiger partial charge in [-0.15, -0.1) is 0 Å². The van der Waals surface area contributed by atoms with Crippen molar-refractivity contribution in [3.63, 3.8) is 0 Å². The fourth-order valence-electron chi connectivity index (χ4n) is 2.77. The number of methoxy groups -OCH3 is 1. The van der Waals surface area contributed by atoms with Gasteiger partial charge in [-0.3, -0.25) is 0 Å². The molecule has 7 nitrogen and oxygen atoms in total. The van der Waals surface area contributed by atoms with Gasteiger partial charge >= 0.3 is 6.03 Å². The molecule has 3 N–H and O–H groups in total. The molecule has 0 aliphatic carbocycles. The van der Waals surface area contributed by atoms with Crippen LogP contribution in [0.1, 0.15) is 12.8 Å². The molecule has 2 aliphatic rings. The number of alkyl halides is 2. The van der Waals surface area contributed by atoms with Gasteiger partial charge in [0, 0.05) is 46.1 Å². The molecule has 9 heteroatoms. The van der Waals surface area contributed by atoms with E-state index in [0.717, 1.165) is 0 Å². The summed E-state index contributed by atoms with van der Waals surface area (Å²) in [7, 11) is 1.54. The van der Waals surface area contributed by atoms with Crippen LogP contribution in [0, 0.1) is 0 Å². The van der Waals surface area contributed by atoms with Crippen molar-refractivity contribution < 1.29 is 28.2 Å². The maximum Gasteiger partial charge on any atom is 0.315 e. The third-order valence-electron chi connectivity index (χ3n) is 4.22. The van der Waals surface area contributed by atoms with Gasteiger partial charge in [0.05, 0.1) is 25.4 Å². The van der Waals surface area contributed by atoms with Crippen LogP contribution in [0.15, 0.2) is 0 Å². The maximum atomic E-state index is 13.1. The number of halogens is 2. The Bertz CT molecular complexity index is 390. The number of rotatable bonds is 6. The standard InChI is InChI=1S/C14H25F2N3O4/c1-22-7-4-17-13(21)18-10-9-23-11(12(10)20)8-19-5-2-14(15,16)3-6-19/h10-12,20H,2-9H2,1H3,(H2,17,18,21). The van der Waals surface area contributed by atoms with Crippen molar-refractivity contribution in [2.45, 2.75) is 37.0 Å². The van der Waals surface area contributed by atoms with E-state index < -0.39 is 30.2 Å². The Balaban J connectivity index is 1.71. The average molecular weight is 337 g/mol. The van der Waals surface area contributed by atoms with Gasteiger partial charge in [0.25, 0.3) is 5.92 Å². The van der Waals surface area contributed by atoms with Crippen LogP contribution in [-0.4, -0.2) is 86.7 Å². The number of aliphatic hydroxyl groups excluding tert-OH is 1. The summed E-state index contributed by atoms with van der Waals surface area (Å²) in [6.07, 6.45) is -1.67. The fraction of sp³-hybridized carbons (Fsp3) is 0.929. The first kappa shape index (κ1) is 18.3. The minimum Gasteiger partial charge on any atom is -0.388 e. The van der Waals surface area contributed by atoms with E-state index in [2.05, 4.69) is 10.6 Å². The number of amides is 2. The molecule has 3 atom stereocenters. The minimum atomic E-state index is -2.59. The Morgan fingerprint density at radius 1 is 1.43 bits per heavy atom. The van der Waals surface area contributed by atoms with Crippen LogP contribution < -0.4 is 10.6 Å². The fourth-order valence-corrected chi connectivity index (χ4v) is 2.77. The first-order valence-electron chi connectivity index (χ1n) is 7.84. The topological polar surface area (TPSA) is 83.1 Å². The van der Waals surface area contributed by atoms with Gasteiger partial charge in [-0.1, -0.05) is 0 Å². The molecule has 2 amide bonds.